The molecule has 5 nitrogen and oxygen atoms in total. The van der Waals surface area contributed by atoms with E-state index in [4.69, 9.17) is 4.74 Å². The standard InChI is InChI=1S/C21H18N4O.Pt/c1-15-12-16(2)25(23-15)18-7-5-9-20(14-18)26-19-8-4-6-17(13-19)21-22-10-11-24(21)3;/h4-12H,1-3H3;/q-2;+2. The van der Waals surface area contributed by atoms with Gasteiger partial charge in [0.15, 0.2) is 0 Å². The Morgan fingerprint density at radius 3 is 2.41 bits per heavy atom. The van der Waals surface area contributed by atoms with E-state index >= 15 is 0 Å². The van der Waals surface area contributed by atoms with Crippen LogP contribution in [-0.4, -0.2) is 19.3 Å². The van der Waals surface area contributed by atoms with Gasteiger partial charge >= 0.3 is 21.1 Å². The average molecular weight is 537 g/mol. The van der Waals surface area contributed by atoms with Crippen LogP contribution in [-0.2, 0) is 28.1 Å². The smallest absolute Gasteiger partial charge is 0.503 e. The molecule has 0 bridgehead atoms. The minimum atomic E-state index is 0. The number of benzene rings is 2. The van der Waals surface area contributed by atoms with Crippen molar-refractivity contribution in [2.75, 3.05) is 0 Å². The summed E-state index contributed by atoms with van der Waals surface area (Å²) in [6.07, 6.45) is 3.67. The second-order valence-electron chi connectivity index (χ2n) is 6.13. The van der Waals surface area contributed by atoms with E-state index in [2.05, 4.69) is 22.2 Å². The van der Waals surface area contributed by atoms with E-state index in [1.165, 1.54) is 0 Å². The molecule has 4 aromatic rings. The van der Waals surface area contributed by atoms with Gasteiger partial charge in [-0.25, -0.2) is 0 Å². The van der Waals surface area contributed by atoms with Crippen LogP contribution in [0.4, 0.5) is 0 Å². The van der Waals surface area contributed by atoms with E-state index in [0.29, 0.717) is 11.5 Å². The minimum absolute atomic E-state index is 0. The van der Waals surface area contributed by atoms with Crippen LogP contribution < -0.4 is 4.74 Å². The molecule has 6 heteroatoms. The summed E-state index contributed by atoms with van der Waals surface area (Å²) in [6.45, 7) is 3.99. The Labute approximate surface area is 172 Å². The fraction of sp³-hybridized carbons (Fsp3) is 0.143. The maximum Gasteiger partial charge on any atom is 2.00 e. The molecule has 0 radical (unpaired) electrons. The molecule has 0 aliphatic rings. The molecule has 0 amide bonds. The van der Waals surface area contributed by atoms with Crippen molar-refractivity contribution in [3.8, 4) is 28.6 Å². The quantitative estimate of drug-likeness (QED) is 0.365. The number of hydrogen-bond acceptors (Lipinski definition) is 3. The van der Waals surface area contributed by atoms with Gasteiger partial charge in [-0.15, -0.1) is 42.0 Å². The largest absolute Gasteiger partial charge is 2.00 e. The summed E-state index contributed by atoms with van der Waals surface area (Å²) in [7, 11) is 1.95. The molecule has 138 valence electrons. The molecule has 0 N–H and O–H groups in total. The van der Waals surface area contributed by atoms with E-state index in [-0.39, 0.29) is 21.1 Å². The van der Waals surface area contributed by atoms with Crippen LogP contribution in [0.25, 0.3) is 17.1 Å². The van der Waals surface area contributed by atoms with Crippen molar-refractivity contribution < 1.29 is 25.8 Å². The summed E-state index contributed by atoms with van der Waals surface area (Å²) in [5.41, 5.74) is 3.75. The third kappa shape index (κ3) is 4.04. The second kappa shape index (κ2) is 7.93. The molecular formula is C21H18N4OPt. The summed E-state index contributed by atoms with van der Waals surface area (Å²) in [5, 5.41) is 4.50. The Morgan fingerprint density at radius 2 is 1.74 bits per heavy atom. The van der Waals surface area contributed by atoms with Gasteiger partial charge in [-0.1, -0.05) is 6.07 Å². The number of aryl methyl sites for hydroxylation is 3. The second-order valence-corrected chi connectivity index (χ2v) is 6.13. The van der Waals surface area contributed by atoms with E-state index in [9.17, 15) is 0 Å². The zero-order valence-electron chi connectivity index (χ0n) is 15.2. The maximum atomic E-state index is 5.98. The molecule has 2 aromatic carbocycles. The SMILES string of the molecule is Cc1cc(C)n(-c2[c-]c(Oc3[c-]c(-c4nccn4C)ccc3)ccc2)n1.[Pt+2]. The molecule has 0 aliphatic heterocycles. The van der Waals surface area contributed by atoms with Crippen LogP contribution in [0, 0.1) is 26.0 Å². The third-order valence-electron chi connectivity index (χ3n) is 4.04. The fourth-order valence-corrected chi connectivity index (χ4v) is 2.87. The van der Waals surface area contributed by atoms with Crippen molar-refractivity contribution in [3.63, 3.8) is 0 Å². The van der Waals surface area contributed by atoms with Crippen molar-refractivity contribution in [2.45, 2.75) is 13.8 Å². The number of ether oxygens (including phenoxy) is 1. The Bertz CT molecular complexity index is 1070. The van der Waals surface area contributed by atoms with Gasteiger partial charge in [0, 0.05) is 36.6 Å². The Balaban J connectivity index is 0.00000210. The van der Waals surface area contributed by atoms with Crippen LogP contribution >= 0.6 is 0 Å². The van der Waals surface area contributed by atoms with Gasteiger partial charge in [0.1, 0.15) is 0 Å². The van der Waals surface area contributed by atoms with Crippen LogP contribution in [0.5, 0.6) is 11.5 Å². The molecule has 2 heterocycles. The normalized spacial score (nSPS) is 10.5. The van der Waals surface area contributed by atoms with Gasteiger partial charge in [0.05, 0.1) is 11.5 Å². The summed E-state index contributed by atoms with van der Waals surface area (Å²) >= 11 is 0. The minimum Gasteiger partial charge on any atom is -0.503 e. The zero-order chi connectivity index (χ0) is 18.1. The molecule has 27 heavy (non-hydrogen) atoms. The molecule has 0 atom stereocenters. The van der Waals surface area contributed by atoms with Crippen molar-refractivity contribution >= 4 is 0 Å². The number of nitrogens with zero attached hydrogens (tertiary/aromatic N) is 4. The van der Waals surface area contributed by atoms with Gasteiger partial charge in [-0.05, 0) is 25.6 Å². The van der Waals surface area contributed by atoms with Crippen molar-refractivity contribution in [3.05, 3.63) is 78.4 Å². The van der Waals surface area contributed by atoms with Crippen LogP contribution in [0.2, 0.25) is 0 Å². The molecular weight excluding hydrogens is 519 g/mol. The Hall–Kier alpha value is -2.65. The van der Waals surface area contributed by atoms with E-state index < -0.39 is 0 Å². The predicted octanol–water partition coefficient (Wildman–Crippen LogP) is 4.28. The molecule has 4 rings (SSSR count). The van der Waals surface area contributed by atoms with Crippen molar-refractivity contribution in [1.29, 1.82) is 0 Å². The number of imidazole rings is 1. The summed E-state index contributed by atoms with van der Waals surface area (Å²) < 4.78 is 9.78. The van der Waals surface area contributed by atoms with Gasteiger partial charge in [0.2, 0.25) is 0 Å². The molecule has 0 aliphatic carbocycles. The third-order valence-corrected chi connectivity index (χ3v) is 4.04. The van der Waals surface area contributed by atoms with E-state index in [1.807, 2.05) is 78.8 Å². The first-order chi connectivity index (χ1) is 12.6. The number of aromatic nitrogens is 4. The number of rotatable bonds is 4. The average Bonchev–Trinajstić information content (AvgIpc) is 3.20. The van der Waals surface area contributed by atoms with E-state index in [0.717, 1.165) is 28.5 Å². The molecule has 0 spiro atoms. The molecule has 0 unspecified atom stereocenters. The predicted molar refractivity (Wildman–Crippen MR) is 99.4 cm³/mol. The topological polar surface area (TPSA) is 44.9 Å². The summed E-state index contributed by atoms with van der Waals surface area (Å²) in [5.74, 6) is 2.08. The summed E-state index contributed by atoms with van der Waals surface area (Å²) in [6, 6.07) is 20.1. The first-order valence-corrected chi connectivity index (χ1v) is 8.34. The van der Waals surface area contributed by atoms with Crippen LogP contribution in [0.1, 0.15) is 11.4 Å². The zero-order valence-corrected chi connectivity index (χ0v) is 17.5. The first-order valence-electron chi connectivity index (χ1n) is 8.34. The first kappa shape index (κ1) is 19.1. The van der Waals surface area contributed by atoms with Crippen LogP contribution in [0.3, 0.4) is 0 Å². The fourth-order valence-electron chi connectivity index (χ4n) is 2.87. The molecule has 0 saturated heterocycles. The van der Waals surface area contributed by atoms with Crippen molar-refractivity contribution in [1.82, 2.24) is 19.3 Å². The van der Waals surface area contributed by atoms with Crippen LogP contribution in [0.15, 0.2) is 54.9 Å². The van der Waals surface area contributed by atoms with Crippen molar-refractivity contribution in [2.24, 2.45) is 7.05 Å². The number of hydrogen-bond donors (Lipinski definition) is 0. The van der Waals surface area contributed by atoms with E-state index in [1.54, 1.807) is 6.20 Å². The Kier molecular flexibility index (Phi) is 5.62. The van der Waals surface area contributed by atoms with Gasteiger partial charge < -0.3 is 9.30 Å². The maximum absolute atomic E-state index is 5.98. The molecule has 2 aromatic heterocycles. The summed E-state index contributed by atoms with van der Waals surface area (Å²) in [4.78, 5) is 4.36. The van der Waals surface area contributed by atoms with Gasteiger partial charge in [0.25, 0.3) is 0 Å². The Morgan fingerprint density at radius 1 is 1.00 bits per heavy atom. The van der Waals surface area contributed by atoms with Gasteiger partial charge in [-0.3, -0.25) is 9.67 Å². The van der Waals surface area contributed by atoms with Gasteiger partial charge in [-0.2, -0.15) is 11.2 Å². The molecule has 0 fully saturated rings. The monoisotopic (exact) mass is 537 g/mol. The molecule has 0 saturated carbocycles.